The second kappa shape index (κ2) is 20.2. The van der Waals surface area contributed by atoms with Crippen LogP contribution >= 0.6 is 0 Å². The first kappa shape index (κ1) is 36.6. The van der Waals surface area contributed by atoms with Gasteiger partial charge in [0, 0.05) is 30.7 Å². The first-order valence-electron chi connectivity index (χ1n) is 16.8. The molecule has 0 spiro atoms. The van der Waals surface area contributed by atoms with Crippen LogP contribution in [0.5, 0.6) is 17.2 Å². The second-order valence-electron chi connectivity index (χ2n) is 11.7. The maximum Gasteiger partial charge on any atom is 0.169 e. The van der Waals surface area contributed by atoms with E-state index in [0.29, 0.717) is 17.2 Å². The lowest BCUT2D eigenvalue weighted by atomic mass is 10.1. The Morgan fingerprint density at radius 3 is 1.10 bits per heavy atom. The Hall–Kier alpha value is -6.20. The van der Waals surface area contributed by atoms with Crippen LogP contribution in [0.25, 0.3) is 36.5 Å². The number of aryl methyl sites for hydroxylation is 2. The summed E-state index contributed by atoms with van der Waals surface area (Å²) in [6.45, 7) is 3.29. The molecule has 5 nitrogen and oxygen atoms in total. The minimum absolute atomic E-state index is 0.295. The lowest BCUT2D eigenvalue weighted by molar-refractivity contribution is -0.697. The zero-order chi connectivity index (χ0) is 35.4. The molecule has 0 aliphatic heterocycles. The molecule has 0 aliphatic rings. The Morgan fingerprint density at radius 1 is 0.420 bits per heavy atom. The van der Waals surface area contributed by atoms with Gasteiger partial charge in [-0.1, -0.05) is 117 Å². The third-order valence-corrected chi connectivity index (χ3v) is 7.57. The van der Waals surface area contributed by atoms with Crippen molar-refractivity contribution in [1.29, 1.82) is 0 Å². The Kier molecular flexibility index (Phi) is 14.8. The highest BCUT2D eigenvalue weighted by molar-refractivity contribution is 5.71. The van der Waals surface area contributed by atoms with Crippen LogP contribution in [0, 0.1) is 0 Å². The number of rotatable bonds is 9. The summed E-state index contributed by atoms with van der Waals surface area (Å²) in [5, 5.41) is 27.5. The van der Waals surface area contributed by atoms with E-state index in [9.17, 15) is 5.11 Å². The minimum atomic E-state index is 0.295. The van der Waals surface area contributed by atoms with Gasteiger partial charge >= 0.3 is 0 Å². The van der Waals surface area contributed by atoms with Crippen LogP contribution in [0.1, 0.15) is 53.1 Å². The van der Waals surface area contributed by atoms with Gasteiger partial charge in [0.1, 0.15) is 30.8 Å². The van der Waals surface area contributed by atoms with Crippen LogP contribution in [-0.4, -0.2) is 15.3 Å². The van der Waals surface area contributed by atoms with Crippen molar-refractivity contribution in [3.63, 3.8) is 0 Å². The van der Waals surface area contributed by atoms with Crippen molar-refractivity contribution in [2.24, 2.45) is 7.05 Å². The number of nitrogens with zero attached hydrogens (tertiary/aromatic N) is 2. The first-order chi connectivity index (χ1) is 24.4. The summed E-state index contributed by atoms with van der Waals surface area (Å²) in [5.74, 6) is 0.893. The fourth-order valence-corrected chi connectivity index (χ4v) is 4.59. The number of hydrogen-bond acceptors (Lipinski definition) is 3. The van der Waals surface area contributed by atoms with Gasteiger partial charge in [0.05, 0.1) is 0 Å². The van der Waals surface area contributed by atoms with Gasteiger partial charge in [0.2, 0.25) is 0 Å². The monoisotopic (exact) mass is 662 g/mol. The van der Waals surface area contributed by atoms with Crippen molar-refractivity contribution >= 4 is 36.5 Å². The highest BCUT2D eigenvalue weighted by Crippen LogP contribution is 2.14. The van der Waals surface area contributed by atoms with Gasteiger partial charge in [-0.3, -0.25) is 0 Å². The van der Waals surface area contributed by atoms with E-state index >= 15 is 0 Å². The zero-order valence-electron chi connectivity index (χ0n) is 28.8. The van der Waals surface area contributed by atoms with E-state index in [1.165, 1.54) is 24.0 Å². The molecule has 50 heavy (non-hydrogen) atoms. The lowest BCUT2D eigenvalue weighted by Gasteiger charge is -1.97. The molecule has 0 amide bonds. The van der Waals surface area contributed by atoms with Crippen LogP contribution in [-0.2, 0) is 13.6 Å². The second-order valence-corrected chi connectivity index (χ2v) is 11.7. The van der Waals surface area contributed by atoms with Crippen molar-refractivity contribution in [3.8, 4) is 17.2 Å². The van der Waals surface area contributed by atoms with E-state index in [-0.39, 0.29) is 0 Å². The molecule has 3 N–H and O–H groups in total. The van der Waals surface area contributed by atoms with E-state index in [2.05, 4.69) is 66.4 Å². The normalized spacial score (nSPS) is 10.8. The predicted octanol–water partition coefficient (Wildman–Crippen LogP) is 9.60. The lowest BCUT2D eigenvalue weighted by Crippen LogP contribution is -2.32. The number of benzene rings is 4. The van der Waals surface area contributed by atoms with E-state index in [0.717, 1.165) is 28.8 Å². The van der Waals surface area contributed by atoms with Crippen LogP contribution in [0.3, 0.4) is 0 Å². The molecule has 0 fully saturated rings. The molecule has 4 aromatic carbocycles. The maximum absolute atomic E-state index is 9.22. The highest BCUT2D eigenvalue weighted by atomic mass is 16.3. The maximum atomic E-state index is 9.22. The van der Waals surface area contributed by atoms with Gasteiger partial charge in [-0.25, -0.2) is 9.13 Å². The van der Waals surface area contributed by atoms with Gasteiger partial charge in [0.15, 0.2) is 24.8 Å². The van der Waals surface area contributed by atoms with Crippen LogP contribution in [0.2, 0.25) is 0 Å². The minimum Gasteiger partial charge on any atom is -0.508 e. The average Bonchev–Trinajstić information content (AvgIpc) is 3.15. The number of hydrogen-bond donors (Lipinski definition) is 3. The summed E-state index contributed by atoms with van der Waals surface area (Å²) < 4.78 is 4.21. The van der Waals surface area contributed by atoms with E-state index in [1.807, 2.05) is 109 Å². The van der Waals surface area contributed by atoms with Crippen molar-refractivity contribution in [2.45, 2.75) is 26.3 Å². The topological polar surface area (TPSA) is 68.5 Å². The fraction of sp³-hybridized carbons (Fsp3) is 0.111. The highest BCUT2D eigenvalue weighted by Gasteiger charge is 1.98. The summed E-state index contributed by atoms with van der Waals surface area (Å²) in [6, 6.07) is 39.9. The summed E-state index contributed by atoms with van der Waals surface area (Å²) >= 11 is 0. The Balaban J connectivity index is 0.000000170. The molecule has 0 aliphatic carbocycles. The summed E-state index contributed by atoms with van der Waals surface area (Å²) in [7, 11) is 1.99. The number of phenols is 3. The smallest absolute Gasteiger partial charge is 0.169 e. The third-order valence-electron chi connectivity index (χ3n) is 7.57. The Labute approximate surface area is 296 Å². The largest absolute Gasteiger partial charge is 0.508 e. The number of pyridine rings is 2. The van der Waals surface area contributed by atoms with E-state index in [4.69, 9.17) is 10.2 Å². The molecular formula is C45H46N2O3+2. The molecule has 0 atom stereocenters. The molecule has 0 saturated heterocycles. The molecule has 2 aromatic heterocycles. The van der Waals surface area contributed by atoms with Crippen molar-refractivity contribution in [1.82, 2.24) is 0 Å². The molecular weight excluding hydrogens is 617 g/mol. The van der Waals surface area contributed by atoms with Crippen LogP contribution in [0.4, 0.5) is 0 Å². The third kappa shape index (κ3) is 13.9. The van der Waals surface area contributed by atoms with Crippen LogP contribution in [0.15, 0.2) is 152 Å². The van der Waals surface area contributed by atoms with Gasteiger partial charge in [-0.15, -0.1) is 0 Å². The fourth-order valence-electron chi connectivity index (χ4n) is 4.59. The summed E-state index contributed by atoms with van der Waals surface area (Å²) in [6.07, 6.45) is 23.0. The molecule has 6 rings (SSSR count). The molecule has 2 heterocycles. The molecule has 0 saturated carbocycles. The van der Waals surface area contributed by atoms with Crippen LogP contribution < -0.4 is 9.13 Å². The van der Waals surface area contributed by atoms with Crippen molar-refractivity contribution in [2.75, 3.05) is 0 Å². The van der Waals surface area contributed by atoms with Gasteiger partial charge in [0.25, 0.3) is 0 Å². The summed E-state index contributed by atoms with van der Waals surface area (Å²) in [5.41, 5.74) is 6.75. The summed E-state index contributed by atoms with van der Waals surface area (Å²) in [4.78, 5) is 0. The Bertz CT molecular complexity index is 1860. The predicted molar refractivity (Wildman–Crippen MR) is 207 cm³/mol. The van der Waals surface area contributed by atoms with E-state index in [1.54, 1.807) is 36.4 Å². The molecule has 0 radical (unpaired) electrons. The molecule has 5 heteroatoms. The zero-order valence-corrected chi connectivity index (χ0v) is 28.8. The number of phenolic OH excluding ortho intramolecular Hbond substituents is 3. The van der Waals surface area contributed by atoms with E-state index < -0.39 is 0 Å². The Morgan fingerprint density at radius 2 is 0.740 bits per heavy atom. The molecule has 0 bridgehead atoms. The molecule has 6 aromatic rings. The number of aromatic nitrogens is 2. The van der Waals surface area contributed by atoms with Crippen molar-refractivity contribution < 1.29 is 24.5 Å². The SMILES string of the molecule is CCCC[n+]1ccc(/C=C/c2ccc(O)cc2)cc1.C[n+]1ccc(/C=C/c2ccc(O)cc2)cc1.Oc1ccc(/C=C/c2ccccc2)cc1. The van der Waals surface area contributed by atoms with Gasteiger partial charge in [-0.2, -0.15) is 0 Å². The van der Waals surface area contributed by atoms with Gasteiger partial charge in [-0.05, 0) is 69.8 Å². The number of unbranched alkanes of at least 4 members (excludes halogenated alkanes) is 1. The molecule has 0 unspecified atom stereocenters. The standard InChI is InChI=1S/C17H19NO.C14H13NO.C14H12O/c1-2-3-12-18-13-10-16(11-14-18)5-4-15-6-8-17(19)9-7-15;1-15-10-8-13(9-11-15)3-2-12-4-6-14(16)7-5-12;15-14-10-8-13(9-11-14)7-6-12-4-2-1-3-5-12/h4-11,13-14H,2-3,12H2,1H3;2-11H,1H3;1-11,15H/p+2/b;;7-6+. The average molecular weight is 663 g/mol. The molecule has 252 valence electrons. The quantitative estimate of drug-likeness (QED) is 0.107. The van der Waals surface area contributed by atoms with Gasteiger partial charge < -0.3 is 15.3 Å². The number of aromatic hydroxyl groups is 3. The first-order valence-corrected chi connectivity index (χ1v) is 16.8. The van der Waals surface area contributed by atoms with Crippen molar-refractivity contribution in [3.05, 3.63) is 186 Å².